The fourth-order valence-electron chi connectivity index (χ4n) is 2.08. The van der Waals surface area contributed by atoms with Gasteiger partial charge in [-0.2, -0.15) is 13.2 Å². The molecule has 0 aliphatic heterocycles. The molecule has 1 aromatic rings. The van der Waals surface area contributed by atoms with Crippen molar-refractivity contribution < 1.29 is 18.0 Å². The second-order valence-electron chi connectivity index (χ2n) is 5.42. The molecule has 1 heterocycles. The third kappa shape index (κ3) is 4.86. The van der Waals surface area contributed by atoms with Crippen LogP contribution in [0, 0.1) is 0 Å². The van der Waals surface area contributed by atoms with Gasteiger partial charge in [0.25, 0.3) is 0 Å². The van der Waals surface area contributed by atoms with Crippen LogP contribution in [0.25, 0.3) is 0 Å². The zero-order valence-corrected chi connectivity index (χ0v) is 14.0. The molecule has 0 spiro atoms. The number of halogens is 3. The summed E-state index contributed by atoms with van der Waals surface area (Å²) in [6, 6.07) is 0.835. The van der Waals surface area contributed by atoms with E-state index >= 15 is 0 Å². The molecule has 1 atom stereocenters. The smallest absolute Gasteiger partial charge is 0.337 e. The average Bonchev–Trinajstić information content (AvgIpc) is 2.37. The molecule has 0 saturated carbocycles. The zero-order valence-electron chi connectivity index (χ0n) is 13.2. The van der Waals surface area contributed by atoms with Crippen molar-refractivity contribution in [3.05, 3.63) is 18.0 Å². The number of aromatic nitrogens is 2. The summed E-state index contributed by atoms with van der Waals surface area (Å²) in [4.78, 5) is 21.4. The van der Waals surface area contributed by atoms with Gasteiger partial charge in [0.2, 0.25) is 5.91 Å². The van der Waals surface area contributed by atoms with Gasteiger partial charge in [-0.25, -0.2) is 9.97 Å². The monoisotopic (exact) mass is 335 g/mol. The first-order valence-corrected chi connectivity index (χ1v) is 7.81. The Kier molecular flexibility index (Phi) is 6.22. The van der Waals surface area contributed by atoms with Gasteiger partial charge in [-0.1, -0.05) is 11.8 Å². The zero-order chi connectivity index (χ0) is 17.1. The summed E-state index contributed by atoms with van der Waals surface area (Å²) in [7, 11) is 0. The largest absolute Gasteiger partial charge is 0.433 e. The lowest BCUT2D eigenvalue weighted by atomic mass is 10.2. The molecule has 1 aromatic heterocycles. The molecule has 0 saturated heterocycles. The van der Waals surface area contributed by atoms with E-state index in [9.17, 15) is 18.0 Å². The predicted molar refractivity (Wildman–Crippen MR) is 79.5 cm³/mol. The highest BCUT2D eigenvalue weighted by molar-refractivity contribution is 8.00. The molecule has 0 fully saturated rings. The molecular weight excluding hydrogens is 315 g/mol. The summed E-state index contributed by atoms with van der Waals surface area (Å²) < 4.78 is 37.9. The van der Waals surface area contributed by atoms with Gasteiger partial charge in [-0.3, -0.25) is 4.79 Å². The standard InChI is InChI=1S/C14H20F3N3OS/c1-8(2)20(9(3)4)12(21)10(5)22-13-18-7-6-11(19-13)14(15,16)17/h6-10H,1-5H3. The Bertz CT molecular complexity index is 512. The van der Waals surface area contributed by atoms with Gasteiger partial charge in [0.05, 0.1) is 5.25 Å². The quantitative estimate of drug-likeness (QED) is 0.609. The van der Waals surface area contributed by atoms with E-state index in [1.807, 2.05) is 27.7 Å². The Labute approximate surface area is 132 Å². The minimum absolute atomic E-state index is 0.0120. The Morgan fingerprint density at radius 3 is 2.18 bits per heavy atom. The van der Waals surface area contributed by atoms with E-state index < -0.39 is 17.1 Å². The molecule has 0 N–H and O–H groups in total. The van der Waals surface area contributed by atoms with E-state index in [2.05, 4.69) is 9.97 Å². The van der Waals surface area contributed by atoms with Crippen LogP contribution in [0.4, 0.5) is 13.2 Å². The van der Waals surface area contributed by atoms with Crippen LogP contribution >= 0.6 is 11.8 Å². The topological polar surface area (TPSA) is 46.1 Å². The van der Waals surface area contributed by atoms with Gasteiger partial charge in [-0.15, -0.1) is 0 Å². The van der Waals surface area contributed by atoms with Crippen molar-refractivity contribution in [2.75, 3.05) is 0 Å². The highest BCUT2D eigenvalue weighted by Crippen LogP contribution is 2.29. The van der Waals surface area contributed by atoms with E-state index in [1.54, 1.807) is 11.8 Å². The number of thioether (sulfide) groups is 1. The fourth-order valence-corrected chi connectivity index (χ4v) is 2.89. The van der Waals surface area contributed by atoms with Gasteiger partial charge in [0, 0.05) is 18.3 Å². The van der Waals surface area contributed by atoms with Crippen molar-refractivity contribution in [2.24, 2.45) is 0 Å². The van der Waals surface area contributed by atoms with Crippen molar-refractivity contribution in [3.8, 4) is 0 Å². The molecule has 0 radical (unpaired) electrons. The molecule has 4 nitrogen and oxygen atoms in total. The summed E-state index contributed by atoms with van der Waals surface area (Å²) in [6.45, 7) is 9.24. The van der Waals surface area contributed by atoms with Crippen LogP contribution in [0.3, 0.4) is 0 Å². The van der Waals surface area contributed by atoms with Crippen LogP contribution in [-0.4, -0.2) is 38.1 Å². The van der Waals surface area contributed by atoms with Crippen molar-refractivity contribution in [2.45, 2.75) is 63.3 Å². The minimum atomic E-state index is -4.52. The van der Waals surface area contributed by atoms with E-state index in [1.165, 1.54) is 0 Å². The second-order valence-corrected chi connectivity index (χ2v) is 6.72. The van der Waals surface area contributed by atoms with Crippen LogP contribution in [0.5, 0.6) is 0 Å². The van der Waals surface area contributed by atoms with Gasteiger partial charge in [0.15, 0.2) is 5.16 Å². The molecule has 1 amide bonds. The lowest BCUT2D eigenvalue weighted by Gasteiger charge is -2.32. The molecule has 1 unspecified atom stereocenters. The van der Waals surface area contributed by atoms with Crippen LogP contribution < -0.4 is 0 Å². The molecule has 0 aliphatic rings. The Hall–Kier alpha value is -1.31. The average molecular weight is 335 g/mol. The number of carbonyl (C=O) groups excluding carboxylic acids is 1. The first kappa shape index (κ1) is 18.7. The van der Waals surface area contributed by atoms with E-state index in [0.717, 1.165) is 24.0 Å². The highest BCUT2D eigenvalue weighted by Gasteiger charge is 2.33. The summed E-state index contributed by atoms with van der Waals surface area (Å²) in [5, 5.41) is -0.614. The number of amides is 1. The lowest BCUT2D eigenvalue weighted by Crippen LogP contribution is -2.45. The summed E-state index contributed by atoms with van der Waals surface area (Å²) in [6.07, 6.45) is -3.47. The number of hydrogen-bond acceptors (Lipinski definition) is 4. The molecule has 8 heteroatoms. The maximum Gasteiger partial charge on any atom is 0.433 e. The Balaban J connectivity index is 2.88. The minimum Gasteiger partial charge on any atom is -0.337 e. The first-order chi connectivity index (χ1) is 10.0. The second kappa shape index (κ2) is 7.30. The molecule has 22 heavy (non-hydrogen) atoms. The van der Waals surface area contributed by atoms with E-state index in [-0.39, 0.29) is 23.1 Å². The number of hydrogen-bond donors (Lipinski definition) is 0. The van der Waals surface area contributed by atoms with Crippen molar-refractivity contribution in [1.29, 1.82) is 0 Å². The maximum atomic E-state index is 12.6. The lowest BCUT2D eigenvalue weighted by molar-refractivity contribution is -0.141. The fraction of sp³-hybridized carbons (Fsp3) is 0.643. The van der Waals surface area contributed by atoms with E-state index in [0.29, 0.717) is 0 Å². The van der Waals surface area contributed by atoms with E-state index in [4.69, 9.17) is 0 Å². The highest BCUT2D eigenvalue weighted by atomic mass is 32.2. The molecule has 0 aromatic carbocycles. The number of rotatable bonds is 5. The van der Waals surface area contributed by atoms with Gasteiger partial charge in [-0.05, 0) is 40.7 Å². The summed E-state index contributed by atoms with van der Waals surface area (Å²) in [5.41, 5.74) is -1.01. The molecule has 1 rings (SSSR count). The van der Waals surface area contributed by atoms with Crippen LogP contribution in [0.1, 0.15) is 40.3 Å². The first-order valence-electron chi connectivity index (χ1n) is 6.93. The molecular formula is C14H20F3N3OS. The molecule has 124 valence electrons. The third-order valence-electron chi connectivity index (χ3n) is 2.92. The molecule has 0 aliphatic carbocycles. The predicted octanol–water partition coefficient (Wildman–Crippen LogP) is 3.62. The Morgan fingerprint density at radius 1 is 1.18 bits per heavy atom. The van der Waals surface area contributed by atoms with Crippen molar-refractivity contribution in [1.82, 2.24) is 14.9 Å². The molecule has 0 bridgehead atoms. The number of carbonyl (C=O) groups is 1. The SMILES string of the molecule is CC(Sc1nccc(C(F)(F)F)n1)C(=O)N(C(C)C)C(C)C. The normalized spacial score (nSPS) is 13.5. The van der Waals surface area contributed by atoms with Crippen molar-refractivity contribution in [3.63, 3.8) is 0 Å². The number of nitrogens with zero attached hydrogens (tertiary/aromatic N) is 3. The van der Waals surface area contributed by atoms with Gasteiger partial charge < -0.3 is 4.90 Å². The Morgan fingerprint density at radius 2 is 1.73 bits per heavy atom. The maximum absolute atomic E-state index is 12.6. The van der Waals surface area contributed by atoms with Crippen LogP contribution in [0.15, 0.2) is 17.4 Å². The van der Waals surface area contributed by atoms with Crippen molar-refractivity contribution >= 4 is 17.7 Å². The summed E-state index contributed by atoms with van der Waals surface area (Å²) in [5.74, 6) is -0.143. The third-order valence-corrected chi connectivity index (χ3v) is 3.88. The van der Waals surface area contributed by atoms with Gasteiger partial charge in [0.1, 0.15) is 5.69 Å². The summed E-state index contributed by atoms with van der Waals surface area (Å²) >= 11 is 0.932. The number of alkyl halides is 3. The van der Waals surface area contributed by atoms with Crippen LogP contribution in [-0.2, 0) is 11.0 Å². The van der Waals surface area contributed by atoms with Crippen LogP contribution in [0.2, 0.25) is 0 Å². The van der Waals surface area contributed by atoms with Gasteiger partial charge >= 0.3 is 6.18 Å².